The number of nitrogens with zero attached hydrogens (tertiary/aromatic N) is 3. The van der Waals surface area contributed by atoms with Crippen molar-refractivity contribution < 1.29 is 14.4 Å². The Morgan fingerprint density at radius 3 is 2.86 bits per heavy atom. The lowest BCUT2D eigenvalue weighted by Crippen LogP contribution is -2.51. The number of aryl methyl sites for hydroxylation is 1. The maximum Gasteiger partial charge on any atom is 0.255 e. The molecule has 2 aliphatic rings. The summed E-state index contributed by atoms with van der Waals surface area (Å²) in [5.41, 5.74) is 1.63. The maximum absolute atomic E-state index is 12.9. The first-order valence-electron chi connectivity index (χ1n) is 10.3. The molecule has 28 heavy (non-hydrogen) atoms. The van der Waals surface area contributed by atoms with E-state index in [1.54, 1.807) is 24.3 Å². The monoisotopic (exact) mass is 386 g/mol. The second-order valence-electron chi connectivity index (χ2n) is 7.85. The predicted octanol–water partition coefficient (Wildman–Crippen LogP) is 1.77. The first-order valence-corrected chi connectivity index (χ1v) is 10.3. The Morgan fingerprint density at radius 2 is 2.11 bits per heavy atom. The number of rotatable bonds is 5. The number of hydrogen-bond donors (Lipinski definition) is 1. The number of likely N-dealkylation sites (N-methyl/N-ethyl adjacent to an activating group) is 1. The van der Waals surface area contributed by atoms with E-state index in [0.717, 1.165) is 37.7 Å². The van der Waals surface area contributed by atoms with E-state index < -0.39 is 0 Å². The average molecular weight is 386 g/mol. The predicted molar refractivity (Wildman–Crippen MR) is 106 cm³/mol. The Balaban J connectivity index is 1.59. The van der Waals surface area contributed by atoms with E-state index in [1.807, 2.05) is 17.9 Å². The third-order valence-corrected chi connectivity index (χ3v) is 5.81. The summed E-state index contributed by atoms with van der Waals surface area (Å²) < 4.78 is 0. The highest BCUT2D eigenvalue weighted by Crippen LogP contribution is 2.20. The number of hydrogen-bond acceptors (Lipinski definition) is 4. The van der Waals surface area contributed by atoms with Crippen LogP contribution in [0.15, 0.2) is 18.5 Å². The van der Waals surface area contributed by atoms with E-state index >= 15 is 0 Å². The fourth-order valence-corrected chi connectivity index (χ4v) is 4.04. The molecule has 0 aromatic carbocycles. The minimum absolute atomic E-state index is 0.00331. The highest BCUT2D eigenvalue weighted by atomic mass is 16.2. The number of carbonyl (C=O) groups is 3. The molecule has 0 radical (unpaired) electrons. The summed E-state index contributed by atoms with van der Waals surface area (Å²) >= 11 is 0. The Morgan fingerprint density at radius 1 is 1.29 bits per heavy atom. The lowest BCUT2D eigenvalue weighted by Gasteiger charge is -2.38. The highest BCUT2D eigenvalue weighted by Gasteiger charge is 2.30. The molecule has 1 N–H and O–H groups in total. The molecule has 2 saturated heterocycles. The molecule has 1 aromatic rings. The Labute approximate surface area is 166 Å². The number of pyridine rings is 1. The lowest BCUT2D eigenvalue weighted by atomic mass is 9.99. The van der Waals surface area contributed by atoms with Crippen LogP contribution in [0.2, 0.25) is 0 Å². The van der Waals surface area contributed by atoms with Gasteiger partial charge in [-0.05, 0) is 43.7 Å². The van der Waals surface area contributed by atoms with Crippen molar-refractivity contribution in [3.05, 3.63) is 29.6 Å². The van der Waals surface area contributed by atoms with Crippen LogP contribution < -0.4 is 5.32 Å². The van der Waals surface area contributed by atoms with E-state index in [-0.39, 0.29) is 29.8 Å². The normalized spacial score (nSPS) is 22.5. The van der Waals surface area contributed by atoms with Crippen LogP contribution in [0.5, 0.6) is 0 Å². The van der Waals surface area contributed by atoms with Crippen molar-refractivity contribution in [1.82, 2.24) is 20.1 Å². The van der Waals surface area contributed by atoms with Crippen molar-refractivity contribution >= 4 is 17.7 Å². The van der Waals surface area contributed by atoms with E-state index in [2.05, 4.69) is 10.3 Å². The Hall–Kier alpha value is -2.44. The van der Waals surface area contributed by atoms with Gasteiger partial charge in [-0.2, -0.15) is 0 Å². The number of nitrogens with one attached hydrogen (secondary N) is 1. The molecule has 7 heteroatoms. The van der Waals surface area contributed by atoms with E-state index in [0.29, 0.717) is 31.5 Å². The molecule has 0 saturated carbocycles. The SMILES string of the molecule is CCc1cncc(C(=O)N(C)C2CCCN(C(=O)CC3CCCC(=O)N3)C2)c1. The van der Waals surface area contributed by atoms with Crippen LogP contribution in [0.1, 0.15) is 61.4 Å². The van der Waals surface area contributed by atoms with Crippen LogP contribution in [0.3, 0.4) is 0 Å². The van der Waals surface area contributed by atoms with Crippen molar-refractivity contribution in [2.75, 3.05) is 20.1 Å². The standard InChI is InChI=1S/C21H30N4O3/c1-3-15-10-16(13-22-12-15)21(28)24(2)18-7-5-9-25(14-18)20(27)11-17-6-4-8-19(26)23-17/h10,12-13,17-18H,3-9,11,14H2,1-2H3,(H,23,26). The third-order valence-electron chi connectivity index (χ3n) is 5.81. The van der Waals surface area contributed by atoms with Gasteiger partial charge in [0, 0.05) is 57.5 Å². The number of piperidine rings is 2. The fourth-order valence-electron chi connectivity index (χ4n) is 4.04. The highest BCUT2D eigenvalue weighted by molar-refractivity contribution is 5.94. The molecule has 0 spiro atoms. The molecule has 0 bridgehead atoms. The molecular formula is C21H30N4O3. The minimum Gasteiger partial charge on any atom is -0.353 e. The molecule has 152 valence electrons. The number of carbonyl (C=O) groups excluding carboxylic acids is 3. The summed E-state index contributed by atoms with van der Waals surface area (Å²) in [4.78, 5) is 44.9. The van der Waals surface area contributed by atoms with E-state index in [1.165, 1.54) is 0 Å². The van der Waals surface area contributed by atoms with Gasteiger partial charge < -0.3 is 15.1 Å². The summed E-state index contributed by atoms with van der Waals surface area (Å²) in [6, 6.07) is 1.83. The topological polar surface area (TPSA) is 82.6 Å². The molecule has 3 rings (SSSR count). The Bertz CT molecular complexity index is 736. The van der Waals surface area contributed by atoms with Gasteiger partial charge in [0.05, 0.1) is 5.56 Å². The zero-order chi connectivity index (χ0) is 20.1. The zero-order valence-corrected chi connectivity index (χ0v) is 16.8. The van der Waals surface area contributed by atoms with Crippen LogP contribution in [0.25, 0.3) is 0 Å². The number of aromatic nitrogens is 1. The van der Waals surface area contributed by atoms with Crippen LogP contribution in [0.4, 0.5) is 0 Å². The van der Waals surface area contributed by atoms with Crippen molar-refractivity contribution in [2.24, 2.45) is 0 Å². The van der Waals surface area contributed by atoms with Crippen molar-refractivity contribution in [1.29, 1.82) is 0 Å². The quantitative estimate of drug-likeness (QED) is 0.836. The average Bonchev–Trinajstić information content (AvgIpc) is 2.72. The summed E-state index contributed by atoms with van der Waals surface area (Å²) in [5, 5.41) is 2.91. The first kappa shape index (κ1) is 20.3. The Kier molecular flexibility index (Phi) is 6.65. The molecule has 1 aromatic heterocycles. The fraction of sp³-hybridized carbons (Fsp3) is 0.619. The molecule has 2 atom stereocenters. The van der Waals surface area contributed by atoms with Crippen LogP contribution in [-0.2, 0) is 16.0 Å². The third kappa shape index (κ3) is 4.88. The van der Waals surface area contributed by atoms with Gasteiger partial charge in [0.1, 0.15) is 0 Å². The van der Waals surface area contributed by atoms with Crippen LogP contribution in [-0.4, -0.2) is 64.7 Å². The van der Waals surface area contributed by atoms with Gasteiger partial charge in [-0.3, -0.25) is 19.4 Å². The van der Waals surface area contributed by atoms with Gasteiger partial charge in [0.2, 0.25) is 11.8 Å². The summed E-state index contributed by atoms with van der Waals surface area (Å²) in [6.07, 6.45) is 8.57. The van der Waals surface area contributed by atoms with E-state index in [9.17, 15) is 14.4 Å². The minimum atomic E-state index is -0.0589. The number of amides is 3. The molecule has 2 fully saturated rings. The second-order valence-corrected chi connectivity index (χ2v) is 7.85. The smallest absolute Gasteiger partial charge is 0.255 e. The van der Waals surface area contributed by atoms with Gasteiger partial charge in [-0.15, -0.1) is 0 Å². The van der Waals surface area contributed by atoms with Gasteiger partial charge in [0.25, 0.3) is 5.91 Å². The van der Waals surface area contributed by atoms with Crippen molar-refractivity contribution in [3.63, 3.8) is 0 Å². The summed E-state index contributed by atoms with van der Waals surface area (Å²) in [7, 11) is 1.81. The summed E-state index contributed by atoms with van der Waals surface area (Å²) in [5.74, 6) is 0.0443. The number of likely N-dealkylation sites (tertiary alicyclic amines) is 1. The molecule has 7 nitrogen and oxygen atoms in total. The van der Waals surface area contributed by atoms with E-state index in [4.69, 9.17) is 0 Å². The molecule has 0 aliphatic carbocycles. The van der Waals surface area contributed by atoms with Crippen LogP contribution in [0, 0.1) is 0 Å². The lowest BCUT2D eigenvalue weighted by molar-refractivity contribution is -0.134. The van der Waals surface area contributed by atoms with Gasteiger partial charge in [-0.25, -0.2) is 0 Å². The maximum atomic E-state index is 12.9. The molecule has 2 aliphatic heterocycles. The summed E-state index contributed by atoms with van der Waals surface area (Å²) in [6.45, 7) is 3.29. The van der Waals surface area contributed by atoms with Crippen molar-refractivity contribution in [3.8, 4) is 0 Å². The van der Waals surface area contributed by atoms with Crippen molar-refractivity contribution in [2.45, 2.75) is 64.0 Å². The second kappa shape index (κ2) is 9.17. The molecule has 2 unspecified atom stereocenters. The van der Waals surface area contributed by atoms with Gasteiger partial charge >= 0.3 is 0 Å². The molecule has 3 amide bonds. The largest absolute Gasteiger partial charge is 0.353 e. The molecular weight excluding hydrogens is 356 g/mol. The van der Waals surface area contributed by atoms with Crippen LogP contribution >= 0.6 is 0 Å². The molecule has 3 heterocycles. The first-order chi connectivity index (χ1) is 13.5. The van der Waals surface area contributed by atoms with Gasteiger partial charge in [0.15, 0.2) is 0 Å². The zero-order valence-electron chi connectivity index (χ0n) is 16.8. The van der Waals surface area contributed by atoms with Gasteiger partial charge in [-0.1, -0.05) is 6.92 Å².